The van der Waals surface area contributed by atoms with Gasteiger partial charge in [-0.1, -0.05) is 0 Å². The lowest BCUT2D eigenvalue weighted by Crippen LogP contribution is -2.12. The Morgan fingerprint density at radius 3 is 2.86 bits per heavy atom. The van der Waals surface area contributed by atoms with Crippen LogP contribution in [-0.4, -0.2) is 30.2 Å². The van der Waals surface area contributed by atoms with E-state index < -0.39 is 9.84 Å². The molecule has 1 heterocycles. The highest BCUT2D eigenvalue weighted by atomic mass is 35.5. The maximum Gasteiger partial charge on any atom is 0.199 e. The van der Waals surface area contributed by atoms with E-state index in [1.165, 1.54) is 12.3 Å². The third-order valence-corrected chi connectivity index (χ3v) is 3.49. The quantitative estimate of drug-likeness (QED) is 0.702. The van der Waals surface area contributed by atoms with Crippen molar-refractivity contribution in [1.29, 1.82) is 5.26 Å². The molecule has 0 radical (unpaired) electrons. The largest absolute Gasteiger partial charge is 0.222 e. The lowest BCUT2D eigenvalue weighted by Gasteiger charge is -2.00. The van der Waals surface area contributed by atoms with Gasteiger partial charge in [-0.25, -0.2) is 8.42 Å². The zero-order valence-corrected chi connectivity index (χ0v) is 8.59. The Morgan fingerprint density at radius 1 is 1.57 bits per heavy atom. The van der Waals surface area contributed by atoms with E-state index in [1.807, 2.05) is 0 Å². The molecular formula is C7H6ClN3O2S. The van der Waals surface area contributed by atoms with Crippen molar-refractivity contribution in [1.82, 2.24) is 10.2 Å². The monoisotopic (exact) mass is 231 g/mol. The standard InChI is InChI=1S/C7H6ClN3O2S/c8-2-4-14(12,13)7-6(5-9)1-3-10-11-7/h1,3H,2,4H2. The van der Waals surface area contributed by atoms with Crippen molar-refractivity contribution in [3.8, 4) is 6.07 Å². The average molecular weight is 232 g/mol. The molecule has 1 aromatic heterocycles. The second-order valence-electron chi connectivity index (χ2n) is 2.37. The predicted molar refractivity (Wildman–Crippen MR) is 49.5 cm³/mol. The van der Waals surface area contributed by atoms with Gasteiger partial charge in [-0.2, -0.15) is 10.4 Å². The molecule has 5 nitrogen and oxygen atoms in total. The number of hydrogen-bond acceptors (Lipinski definition) is 5. The molecule has 14 heavy (non-hydrogen) atoms. The summed E-state index contributed by atoms with van der Waals surface area (Å²) in [7, 11) is -3.58. The first-order valence-corrected chi connectivity index (χ1v) is 5.81. The number of halogens is 1. The van der Waals surface area contributed by atoms with Crippen molar-refractivity contribution >= 4 is 21.4 Å². The Labute approximate surface area is 86.3 Å². The second-order valence-corrected chi connectivity index (χ2v) is 4.77. The van der Waals surface area contributed by atoms with Crippen LogP contribution >= 0.6 is 11.6 Å². The van der Waals surface area contributed by atoms with Crippen molar-refractivity contribution in [2.75, 3.05) is 11.6 Å². The zero-order chi connectivity index (χ0) is 10.6. The number of alkyl halides is 1. The highest BCUT2D eigenvalue weighted by Gasteiger charge is 2.20. The van der Waals surface area contributed by atoms with Crippen LogP contribution in [0.4, 0.5) is 0 Å². The molecule has 0 aliphatic rings. The Hall–Kier alpha value is -1.19. The molecule has 0 fully saturated rings. The highest BCUT2D eigenvalue weighted by molar-refractivity contribution is 7.91. The SMILES string of the molecule is N#Cc1ccnnc1S(=O)(=O)CCCl. The van der Waals surface area contributed by atoms with E-state index in [9.17, 15) is 8.42 Å². The van der Waals surface area contributed by atoms with Gasteiger partial charge in [0.05, 0.1) is 17.5 Å². The van der Waals surface area contributed by atoms with Crippen molar-refractivity contribution < 1.29 is 8.42 Å². The Balaban J connectivity index is 3.27. The van der Waals surface area contributed by atoms with Crippen LogP contribution in [0.3, 0.4) is 0 Å². The lowest BCUT2D eigenvalue weighted by atomic mass is 10.3. The fraction of sp³-hybridized carbons (Fsp3) is 0.286. The molecule has 74 valence electrons. The third-order valence-electron chi connectivity index (χ3n) is 1.45. The smallest absolute Gasteiger partial charge is 0.199 e. The summed E-state index contributed by atoms with van der Waals surface area (Å²) in [4.78, 5) is 0. The Kier molecular flexibility index (Phi) is 3.38. The predicted octanol–water partition coefficient (Wildman–Crippen LogP) is 0.361. The minimum atomic E-state index is -3.58. The van der Waals surface area contributed by atoms with Crippen molar-refractivity contribution in [2.24, 2.45) is 0 Å². The zero-order valence-electron chi connectivity index (χ0n) is 7.01. The normalized spacial score (nSPS) is 10.9. The van der Waals surface area contributed by atoms with E-state index in [0.29, 0.717) is 0 Å². The molecule has 0 bridgehead atoms. The van der Waals surface area contributed by atoms with Gasteiger partial charge in [-0.3, -0.25) is 0 Å². The van der Waals surface area contributed by atoms with Gasteiger partial charge in [-0.15, -0.1) is 16.7 Å². The summed E-state index contributed by atoms with van der Waals surface area (Å²) in [6, 6.07) is 3.04. The number of sulfone groups is 1. The van der Waals surface area contributed by atoms with E-state index in [-0.39, 0.29) is 22.2 Å². The summed E-state index contributed by atoms with van der Waals surface area (Å²) in [5.41, 5.74) is -0.00915. The molecule has 0 saturated heterocycles. The number of rotatable bonds is 3. The van der Waals surface area contributed by atoms with Gasteiger partial charge < -0.3 is 0 Å². The van der Waals surface area contributed by atoms with Gasteiger partial charge in [-0.05, 0) is 6.07 Å². The summed E-state index contributed by atoms with van der Waals surface area (Å²) in [6.45, 7) is 0. The minimum absolute atomic E-state index is 0.00915. The molecule has 0 aliphatic heterocycles. The van der Waals surface area contributed by atoms with Crippen LogP contribution in [0.5, 0.6) is 0 Å². The summed E-state index contributed by atoms with van der Waals surface area (Å²) >= 11 is 5.32. The summed E-state index contributed by atoms with van der Waals surface area (Å²) in [5, 5.41) is 15.2. The van der Waals surface area contributed by atoms with Crippen LogP contribution in [0.1, 0.15) is 5.56 Å². The summed E-state index contributed by atoms with van der Waals surface area (Å²) in [6.07, 6.45) is 1.26. The van der Waals surface area contributed by atoms with Crippen LogP contribution in [0, 0.1) is 11.3 Å². The van der Waals surface area contributed by atoms with Crippen LogP contribution < -0.4 is 0 Å². The molecular weight excluding hydrogens is 226 g/mol. The first kappa shape index (κ1) is 10.9. The van der Waals surface area contributed by atoms with Crippen LogP contribution in [0.15, 0.2) is 17.3 Å². The van der Waals surface area contributed by atoms with E-state index >= 15 is 0 Å². The van der Waals surface area contributed by atoms with Crippen molar-refractivity contribution in [3.05, 3.63) is 17.8 Å². The number of hydrogen-bond donors (Lipinski definition) is 0. The molecule has 1 rings (SSSR count). The van der Waals surface area contributed by atoms with Crippen molar-refractivity contribution in [3.63, 3.8) is 0 Å². The molecule has 7 heteroatoms. The maximum atomic E-state index is 11.5. The molecule has 0 unspecified atom stereocenters. The molecule has 0 aliphatic carbocycles. The van der Waals surface area contributed by atoms with Gasteiger partial charge in [0.25, 0.3) is 0 Å². The van der Waals surface area contributed by atoms with Crippen LogP contribution in [-0.2, 0) is 9.84 Å². The molecule has 0 amide bonds. The van der Waals surface area contributed by atoms with Crippen LogP contribution in [0.2, 0.25) is 0 Å². The first-order valence-electron chi connectivity index (χ1n) is 3.62. The fourth-order valence-corrected chi connectivity index (χ4v) is 2.46. The molecule has 0 N–H and O–H groups in total. The summed E-state index contributed by atoms with van der Waals surface area (Å²) in [5.74, 6) is -0.286. The van der Waals surface area contributed by atoms with E-state index in [2.05, 4.69) is 10.2 Å². The Bertz CT molecular complexity index is 466. The number of aromatic nitrogens is 2. The third kappa shape index (κ3) is 2.19. The molecule has 0 spiro atoms. The van der Waals surface area contributed by atoms with E-state index in [1.54, 1.807) is 6.07 Å². The first-order chi connectivity index (χ1) is 6.61. The number of nitriles is 1. The highest BCUT2D eigenvalue weighted by Crippen LogP contribution is 2.11. The van der Waals surface area contributed by atoms with Crippen molar-refractivity contribution in [2.45, 2.75) is 5.03 Å². The number of nitrogens with zero attached hydrogens (tertiary/aromatic N) is 3. The summed E-state index contributed by atoms with van der Waals surface area (Å²) < 4.78 is 22.9. The van der Waals surface area contributed by atoms with Crippen LogP contribution in [0.25, 0.3) is 0 Å². The Morgan fingerprint density at radius 2 is 2.29 bits per heavy atom. The molecule has 0 aromatic carbocycles. The van der Waals surface area contributed by atoms with Gasteiger partial charge in [0.15, 0.2) is 14.9 Å². The topological polar surface area (TPSA) is 83.7 Å². The van der Waals surface area contributed by atoms with E-state index in [0.717, 1.165) is 0 Å². The lowest BCUT2D eigenvalue weighted by molar-refractivity contribution is 0.591. The van der Waals surface area contributed by atoms with Gasteiger partial charge in [0.1, 0.15) is 6.07 Å². The molecule has 1 aromatic rings. The van der Waals surface area contributed by atoms with Gasteiger partial charge in [0.2, 0.25) is 0 Å². The second kappa shape index (κ2) is 4.35. The van der Waals surface area contributed by atoms with Gasteiger partial charge >= 0.3 is 0 Å². The minimum Gasteiger partial charge on any atom is -0.222 e. The fourth-order valence-electron chi connectivity index (χ4n) is 0.832. The molecule has 0 saturated carbocycles. The average Bonchev–Trinajstić information content (AvgIpc) is 2.18. The van der Waals surface area contributed by atoms with E-state index in [4.69, 9.17) is 16.9 Å². The van der Waals surface area contributed by atoms with Gasteiger partial charge in [0, 0.05) is 5.88 Å². The maximum absolute atomic E-state index is 11.5. The molecule has 0 atom stereocenters.